The fourth-order valence-electron chi connectivity index (χ4n) is 2.61. The molecule has 2 aromatic rings. The molecule has 0 unspecified atom stereocenters. The van der Waals surface area contributed by atoms with Gasteiger partial charge in [-0.1, -0.05) is 13.8 Å². The van der Waals surface area contributed by atoms with Crippen molar-refractivity contribution in [1.29, 1.82) is 0 Å². The molecule has 0 radical (unpaired) electrons. The van der Waals surface area contributed by atoms with Gasteiger partial charge in [-0.2, -0.15) is 0 Å². The molecular weight excluding hydrogens is 320 g/mol. The number of hydrogen-bond donors (Lipinski definition) is 2. The second-order valence-electron chi connectivity index (χ2n) is 6.48. The third kappa shape index (κ3) is 5.59. The first-order valence-corrected chi connectivity index (χ1v) is 8.02. The zero-order valence-electron chi connectivity index (χ0n) is 14.6. The Hall–Kier alpha value is -2.90. The van der Waals surface area contributed by atoms with Crippen LogP contribution in [-0.4, -0.2) is 43.8 Å². The molecule has 0 bridgehead atoms. The largest absolute Gasteiger partial charge is 0.348 e. The standard InChI is InChI=1S/C17H22N6O2/c1-12(2)8-17(3,23-16(25)14-10-19-5-7-21-14)11-22-15(24)13-9-18-4-6-20-13/h4-7,9-10,12H,8,11H2,1-3H3,(H,22,24)(H,23,25)/t17-/m1/s1. The molecule has 1 atom stereocenters. The van der Waals surface area contributed by atoms with E-state index in [1.165, 1.54) is 37.2 Å². The van der Waals surface area contributed by atoms with Crippen molar-refractivity contribution in [2.24, 2.45) is 5.92 Å². The lowest BCUT2D eigenvalue weighted by Gasteiger charge is -2.32. The van der Waals surface area contributed by atoms with Gasteiger partial charge >= 0.3 is 0 Å². The second-order valence-corrected chi connectivity index (χ2v) is 6.48. The molecule has 0 saturated carbocycles. The van der Waals surface area contributed by atoms with Crippen molar-refractivity contribution in [1.82, 2.24) is 30.6 Å². The van der Waals surface area contributed by atoms with E-state index >= 15 is 0 Å². The van der Waals surface area contributed by atoms with E-state index in [2.05, 4.69) is 44.4 Å². The number of amides is 2. The number of nitrogens with one attached hydrogen (secondary N) is 2. The highest BCUT2D eigenvalue weighted by Gasteiger charge is 2.29. The van der Waals surface area contributed by atoms with Gasteiger partial charge in [0.25, 0.3) is 11.8 Å². The van der Waals surface area contributed by atoms with Crippen LogP contribution in [0, 0.1) is 5.92 Å². The molecule has 0 aromatic carbocycles. The van der Waals surface area contributed by atoms with Gasteiger partial charge < -0.3 is 10.6 Å². The third-order valence-corrected chi connectivity index (χ3v) is 3.50. The van der Waals surface area contributed by atoms with Crippen molar-refractivity contribution < 1.29 is 9.59 Å². The molecule has 0 aliphatic heterocycles. The molecule has 2 aromatic heterocycles. The molecule has 0 aliphatic rings. The van der Waals surface area contributed by atoms with Gasteiger partial charge in [0.2, 0.25) is 0 Å². The monoisotopic (exact) mass is 342 g/mol. The van der Waals surface area contributed by atoms with Crippen LogP contribution in [0.3, 0.4) is 0 Å². The van der Waals surface area contributed by atoms with E-state index in [4.69, 9.17) is 0 Å². The molecule has 8 heteroatoms. The van der Waals surface area contributed by atoms with Crippen molar-refractivity contribution in [2.45, 2.75) is 32.7 Å². The molecule has 2 rings (SSSR count). The van der Waals surface area contributed by atoms with Crippen LogP contribution >= 0.6 is 0 Å². The Balaban J connectivity index is 2.06. The summed E-state index contributed by atoms with van der Waals surface area (Å²) < 4.78 is 0. The van der Waals surface area contributed by atoms with Gasteiger partial charge in [0.1, 0.15) is 11.4 Å². The SMILES string of the molecule is CC(C)C[C@](C)(CNC(=O)c1cnccn1)NC(=O)c1cnccn1. The van der Waals surface area contributed by atoms with Gasteiger partial charge in [0, 0.05) is 31.3 Å². The quantitative estimate of drug-likeness (QED) is 0.783. The van der Waals surface area contributed by atoms with Crippen molar-refractivity contribution in [3.63, 3.8) is 0 Å². The Kier molecular flexibility index (Phi) is 6.10. The molecule has 2 heterocycles. The Labute approximate surface area is 146 Å². The van der Waals surface area contributed by atoms with Crippen LogP contribution in [0.4, 0.5) is 0 Å². The summed E-state index contributed by atoms with van der Waals surface area (Å²) in [5, 5.41) is 5.77. The summed E-state index contributed by atoms with van der Waals surface area (Å²) in [5.74, 6) is -0.345. The summed E-state index contributed by atoms with van der Waals surface area (Å²) >= 11 is 0. The minimum Gasteiger partial charge on any atom is -0.348 e. The molecular formula is C17H22N6O2. The van der Waals surface area contributed by atoms with E-state index in [-0.39, 0.29) is 29.7 Å². The fourth-order valence-corrected chi connectivity index (χ4v) is 2.61. The Morgan fingerprint density at radius 1 is 1.00 bits per heavy atom. The van der Waals surface area contributed by atoms with Crippen LogP contribution in [0.15, 0.2) is 37.2 Å². The highest BCUT2D eigenvalue weighted by atomic mass is 16.2. The number of rotatable bonds is 7. The second kappa shape index (κ2) is 8.27. The first-order valence-electron chi connectivity index (χ1n) is 8.02. The van der Waals surface area contributed by atoms with Crippen LogP contribution in [0.2, 0.25) is 0 Å². The first kappa shape index (κ1) is 18.4. The smallest absolute Gasteiger partial charge is 0.271 e. The zero-order chi connectivity index (χ0) is 18.3. The van der Waals surface area contributed by atoms with Crippen LogP contribution < -0.4 is 10.6 Å². The number of carbonyl (C=O) groups is 2. The van der Waals surface area contributed by atoms with Gasteiger partial charge in [0.05, 0.1) is 17.9 Å². The topological polar surface area (TPSA) is 110 Å². The Morgan fingerprint density at radius 2 is 1.56 bits per heavy atom. The summed E-state index contributed by atoms with van der Waals surface area (Å²) in [5.41, 5.74) is -0.173. The van der Waals surface area contributed by atoms with Crippen LogP contribution in [0.25, 0.3) is 0 Å². The minimum absolute atomic E-state index is 0.231. The van der Waals surface area contributed by atoms with Crippen LogP contribution in [-0.2, 0) is 0 Å². The van der Waals surface area contributed by atoms with Gasteiger partial charge in [-0.25, -0.2) is 9.97 Å². The Morgan fingerprint density at radius 3 is 2.04 bits per heavy atom. The van der Waals surface area contributed by atoms with E-state index in [9.17, 15) is 9.59 Å². The zero-order valence-corrected chi connectivity index (χ0v) is 14.6. The first-order chi connectivity index (χ1) is 11.9. The summed E-state index contributed by atoms with van der Waals surface area (Å²) in [6.07, 6.45) is 9.41. The third-order valence-electron chi connectivity index (χ3n) is 3.50. The van der Waals surface area contributed by atoms with Crippen LogP contribution in [0.5, 0.6) is 0 Å². The molecule has 132 valence electrons. The van der Waals surface area contributed by atoms with Gasteiger partial charge in [-0.3, -0.25) is 19.6 Å². The lowest BCUT2D eigenvalue weighted by Crippen LogP contribution is -2.54. The minimum atomic E-state index is -0.638. The molecule has 2 N–H and O–H groups in total. The maximum Gasteiger partial charge on any atom is 0.271 e. The molecule has 25 heavy (non-hydrogen) atoms. The molecule has 0 aliphatic carbocycles. The van der Waals surface area contributed by atoms with Gasteiger partial charge in [-0.15, -0.1) is 0 Å². The van der Waals surface area contributed by atoms with Crippen molar-refractivity contribution in [3.05, 3.63) is 48.6 Å². The number of aromatic nitrogens is 4. The van der Waals surface area contributed by atoms with E-state index < -0.39 is 5.54 Å². The van der Waals surface area contributed by atoms with Gasteiger partial charge in [0.15, 0.2) is 0 Å². The molecule has 8 nitrogen and oxygen atoms in total. The van der Waals surface area contributed by atoms with Crippen molar-refractivity contribution in [2.75, 3.05) is 6.54 Å². The van der Waals surface area contributed by atoms with Gasteiger partial charge in [-0.05, 0) is 19.3 Å². The summed E-state index contributed by atoms with van der Waals surface area (Å²) in [6.45, 7) is 6.25. The molecule has 2 amide bonds. The maximum absolute atomic E-state index is 12.4. The average molecular weight is 342 g/mol. The summed E-state index contributed by atoms with van der Waals surface area (Å²) in [4.78, 5) is 40.3. The van der Waals surface area contributed by atoms with E-state index in [0.29, 0.717) is 12.3 Å². The van der Waals surface area contributed by atoms with E-state index in [1.54, 1.807) is 0 Å². The van der Waals surface area contributed by atoms with E-state index in [0.717, 1.165) is 0 Å². The number of carbonyl (C=O) groups excluding carboxylic acids is 2. The molecule has 0 fully saturated rings. The lowest BCUT2D eigenvalue weighted by molar-refractivity contribution is 0.0855. The maximum atomic E-state index is 12.4. The number of hydrogen-bond acceptors (Lipinski definition) is 6. The Bertz CT molecular complexity index is 708. The lowest BCUT2D eigenvalue weighted by atomic mass is 9.90. The highest BCUT2D eigenvalue weighted by Crippen LogP contribution is 2.16. The van der Waals surface area contributed by atoms with E-state index in [1.807, 2.05) is 6.92 Å². The normalized spacial score (nSPS) is 13.1. The summed E-state index contributed by atoms with van der Waals surface area (Å²) in [7, 11) is 0. The van der Waals surface area contributed by atoms with Crippen molar-refractivity contribution in [3.8, 4) is 0 Å². The average Bonchev–Trinajstić information content (AvgIpc) is 2.60. The summed E-state index contributed by atoms with van der Waals surface area (Å²) in [6, 6.07) is 0. The van der Waals surface area contributed by atoms with Crippen molar-refractivity contribution >= 4 is 11.8 Å². The fraction of sp³-hybridized carbons (Fsp3) is 0.412. The predicted molar refractivity (Wildman–Crippen MR) is 91.7 cm³/mol. The number of nitrogens with zero attached hydrogens (tertiary/aromatic N) is 4. The molecule has 0 spiro atoms. The predicted octanol–water partition coefficient (Wildman–Crippen LogP) is 1.23. The molecule has 0 saturated heterocycles. The highest BCUT2D eigenvalue weighted by molar-refractivity contribution is 5.93. The van der Waals surface area contributed by atoms with Crippen LogP contribution in [0.1, 0.15) is 48.2 Å².